The van der Waals surface area contributed by atoms with Gasteiger partial charge in [-0.3, -0.25) is 0 Å². The van der Waals surface area contributed by atoms with Crippen molar-refractivity contribution >= 4 is 42.6 Å². The number of hydrogen-bond acceptors (Lipinski definition) is 5. The molecule has 1 aliphatic heterocycles. The van der Waals surface area contributed by atoms with Crippen molar-refractivity contribution in [1.82, 2.24) is 14.0 Å². The molecule has 2 heterocycles. The Hall–Kier alpha value is -1.91. The third-order valence-corrected chi connectivity index (χ3v) is 8.50. The molecule has 7 nitrogen and oxygen atoms in total. The highest BCUT2D eigenvalue weighted by Crippen LogP contribution is 2.34. The minimum absolute atomic E-state index is 0.0622. The Morgan fingerprint density at radius 2 is 1.66 bits per heavy atom. The summed E-state index contributed by atoms with van der Waals surface area (Å²) in [6.45, 7) is 1.44. The number of nitrogens with zero attached hydrogens (tertiary/aromatic N) is 1. The first-order chi connectivity index (χ1) is 13.8. The van der Waals surface area contributed by atoms with Crippen LogP contribution in [0.2, 0.25) is 5.02 Å². The highest BCUT2D eigenvalue weighted by Gasteiger charge is 2.30. The van der Waals surface area contributed by atoms with Gasteiger partial charge in [-0.1, -0.05) is 35.9 Å². The molecule has 0 aliphatic carbocycles. The molecule has 0 spiro atoms. The lowest BCUT2D eigenvalue weighted by molar-refractivity contribution is 0.427. The van der Waals surface area contributed by atoms with Gasteiger partial charge in [0.2, 0.25) is 10.0 Å². The van der Waals surface area contributed by atoms with Gasteiger partial charge in [0.05, 0.1) is 15.4 Å². The summed E-state index contributed by atoms with van der Waals surface area (Å²) in [6, 6.07) is 12.3. The van der Waals surface area contributed by atoms with Crippen molar-refractivity contribution in [2.75, 3.05) is 13.1 Å². The lowest BCUT2D eigenvalue weighted by Crippen LogP contribution is -2.42. The van der Waals surface area contributed by atoms with Crippen LogP contribution >= 0.6 is 11.6 Å². The number of rotatable bonds is 5. The van der Waals surface area contributed by atoms with Gasteiger partial charge in [-0.15, -0.1) is 0 Å². The van der Waals surface area contributed by atoms with Crippen molar-refractivity contribution < 1.29 is 16.8 Å². The zero-order valence-corrected chi connectivity index (χ0v) is 17.8. The summed E-state index contributed by atoms with van der Waals surface area (Å²) in [4.78, 5) is -0.0803. The van der Waals surface area contributed by atoms with E-state index in [1.54, 1.807) is 36.4 Å². The number of halogens is 1. The lowest BCUT2D eigenvalue weighted by atomic mass is 10.1. The second-order valence-corrected chi connectivity index (χ2v) is 10.8. The largest absolute Gasteiger partial charge is 0.317 e. The maximum absolute atomic E-state index is 13.2. The Morgan fingerprint density at radius 3 is 2.34 bits per heavy atom. The minimum atomic E-state index is -4.00. The lowest BCUT2D eigenvalue weighted by Gasteiger charge is -2.23. The summed E-state index contributed by atoms with van der Waals surface area (Å²) >= 11 is 6.31. The number of piperidine rings is 1. The highest BCUT2D eigenvalue weighted by atomic mass is 35.5. The van der Waals surface area contributed by atoms with Gasteiger partial charge in [0.25, 0.3) is 10.0 Å². The first kappa shape index (κ1) is 20.4. The van der Waals surface area contributed by atoms with Gasteiger partial charge >= 0.3 is 0 Å². The molecule has 3 aromatic rings. The summed E-state index contributed by atoms with van der Waals surface area (Å²) in [5.74, 6) is 0. The van der Waals surface area contributed by atoms with Crippen LogP contribution in [-0.2, 0) is 20.0 Å². The molecule has 1 aliphatic rings. The van der Waals surface area contributed by atoms with Gasteiger partial charge in [-0.2, -0.15) is 0 Å². The molecule has 29 heavy (non-hydrogen) atoms. The standard InChI is InChI=1S/C19H20ClN3O4S2/c20-16-7-4-8-17-19(16)18(28(24,25)22-14-9-11-21-12-10-14)13-23(17)29(26,27)15-5-2-1-3-6-15/h1-8,13-14,21-22H,9-12H2. The molecule has 154 valence electrons. The fourth-order valence-corrected chi connectivity index (χ4v) is 6.82. The molecule has 2 aromatic carbocycles. The summed E-state index contributed by atoms with van der Waals surface area (Å²) in [6.07, 6.45) is 2.46. The van der Waals surface area contributed by atoms with Crippen molar-refractivity contribution in [3.8, 4) is 0 Å². The first-order valence-electron chi connectivity index (χ1n) is 9.14. The van der Waals surface area contributed by atoms with Crippen LogP contribution in [0.15, 0.2) is 64.5 Å². The van der Waals surface area contributed by atoms with Crippen LogP contribution in [0, 0.1) is 0 Å². The maximum Gasteiger partial charge on any atom is 0.268 e. The Balaban J connectivity index is 1.88. The van der Waals surface area contributed by atoms with E-state index in [9.17, 15) is 16.8 Å². The maximum atomic E-state index is 13.2. The van der Waals surface area contributed by atoms with E-state index in [1.165, 1.54) is 12.1 Å². The fourth-order valence-electron chi connectivity index (χ4n) is 3.51. The number of fused-ring (bicyclic) bond motifs is 1. The molecule has 0 radical (unpaired) electrons. The monoisotopic (exact) mass is 453 g/mol. The number of benzene rings is 2. The van der Waals surface area contributed by atoms with E-state index in [0.717, 1.165) is 23.3 Å². The molecule has 0 saturated carbocycles. The van der Waals surface area contributed by atoms with Crippen molar-refractivity contribution in [3.63, 3.8) is 0 Å². The predicted octanol–water partition coefficient (Wildman–Crippen LogP) is 2.56. The minimum Gasteiger partial charge on any atom is -0.317 e. The number of nitrogens with one attached hydrogen (secondary N) is 2. The smallest absolute Gasteiger partial charge is 0.268 e. The second-order valence-electron chi connectivity index (χ2n) is 6.89. The third kappa shape index (κ3) is 3.80. The summed E-state index contributed by atoms with van der Waals surface area (Å²) < 4.78 is 56.3. The zero-order chi connectivity index (χ0) is 20.6. The van der Waals surface area contributed by atoms with Crippen LogP contribution in [0.25, 0.3) is 10.9 Å². The van der Waals surface area contributed by atoms with E-state index in [1.807, 2.05) is 0 Å². The molecule has 1 aromatic heterocycles. The highest BCUT2D eigenvalue weighted by molar-refractivity contribution is 7.91. The van der Waals surface area contributed by atoms with Gasteiger partial charge in [0.1, 0.15) is 4.90 Å². The van der Waals surface area contributed by atoms with Crippen LogP contribution in [-0.4, -0.2) is 39.9 Å². The average Bonchev–Trinajstić information content (AvgIpc) is 3.12. The van der Waals surface area contributed by atoms with Crippen LogP contribution in [0.4, 0.5) is 0 Å². The topological polar surface area (TPSA) is 97.3 Å². The molecule has 0 bridgehead atoms. The molecule has 10 heteroatoms. The summed E-state index contributed by atoms with van der Waals surface area (Å²) in [7, 11) is -7.98. The van der Waals surface area contributed by atoms with Crippen LogP contribution < -0.4 is 10.0 Å². The van der Waals surface area contributed by atoms with Gasteiger partial charge in [-0.25, -0.2) is 25.5 Å². The van der Waals surface area contributed by atoms with Gasteiger partial charge < -0.3 is 5.32 Å². The third-order valence-electron chi connectivity index (χ3n) is 4.96. The SMILES string of the molecule is O=S(=O)(NC1CCNCC1)c1cn(S(=O)(=O)c2ccccc2)c2cccc(Cl)c12. The quantitative estimate of drug-likeness (QED) is 0.618. The molecule has 1 saturated heterocycles. The Bertz CT molecular complexity index is 1250. The number of hydrogen-bond donors (Lipinski definition) is 2. The number of sulfonamides is 1. The van der Waals surface area contributed by atoms with Crippen molar-refractivity contribution in [2.45, 2.75) is 28.7 Å². The van der Waals surface area contributed by atoms with Crippen molar-refractivity contribution in [3.05, 3.63) is 59.8 Å². The normalized spacial score (nSPS) is 16.3. The number of aromatic nitrogens is 1. The van der Waals surface area contributed by atoms with E-state index in [-0.39, 0.29) is 31.8 Å². The van der Waals surface area contributed by atoms with E-state index in [2.05, 4.69) is 10.0 Å². The van der Waals surface area contributed by atoms with Gasteiger partial charge in [0, 0.05) is 17.6 Å². The molecule has 0 unspecified atom stereocenters. The van der Waals surface area contributed by atoms with Crippen molar-refractivity contribution in [1.29, 1.82) is 0 Å². The van der Waals surface area contributed by atoms with Gasteiger partial charge in [0.15, 0.2) is 0 Å². The Labute approximate surface area is 174 Å². The van der Waals surface area contributed by atoms with Crippen LogP contribution in [0.5, 0.6) is 0 Å². The molecular weight excluding hydrogens is 434 g/mol. The Kier molecular flexibility index (Phi) is 5.43. The zero-order valence-electron chi connectivity index (χ0n) is 15.4. The summed E-state index contributed by atoms with van der Waals surface area (Å²) in [5, 5.41) is 3.55. The van der Waals surface area contributed by atoms with Crippen molar-refractivity contribution in [2.24, 2.45) is 0 Å². The predicted molar refractivity (Wildman–Crippen MR) is 112 cm³/mol. The summed E-state index contributed by atoms with van der Waals surface area (Å²) in [5.41, 5.74) is 0.215. The molecule has 0 atom stereocenters. The van der Waals surface area contributed by atoms with Crippen LogP contribution in [0.3, 0.4) is 0 Å². The van der Waals surface area contributed by atoms with E-state index in [0.29, 0.717) is 12.8 Å². The second kappa shape index (κ2) is 7.73. The van der Waals surface area contributed by atoms with E-state index < -0.39 is 20.0 Å². The average molecular weight is 454 g/mol. The van der Waals surface area contributed by atoms with E-state index >= 15 is 0 Å². The molecule has 1 fully saturated rings. The molecular formula is C19H20ClN3O4S2. The Morgan fingerprint density at radius 1 is 0.966 bits per heavy atom. The van der Waals surface area contributed by atoms with Gasteiger partial charge in [-0.05, 0) is 50.2 Å². The fraction of sp³-hybridized carbons (Fsp3) is 0.263. The first-order valence-corrected chi connectivity index (χ1v) is 12.4. The van der Waals surface area contributed by atoms with E-state index in [4.69, 9.17) is 11.6 Å². The molecule has 0 amide bonds. The van der Waals surface area contributed by atoms with Crippen LogP contribution in [0.1, 0.15) is 12.8 Å². The molecule has 2 N–H and O–H groups in total. The molecule has 4 rings (SSSR count).